The Kier molecular flexibility index (Phi) is 8.48. The molecule has 0 spiro atoms. The monoisotopic (exact) mass is 493 g/mol. The van der Waals surface area contributed by atoms with Gasteiger partial charge < -0.3 is 18.9 Å². The number of carbonyl (C=O) groups excluding carboxylic acids is 2. The van der Waals surface area contributed by atoms with Gasteiger partial charge in [-0.1, -0.05) is 30.3 Å². The van der Waals surface area contributed by atoms with Crippen molar-refractivity contribution in [2.75, 3.05) is 26.8 Å². The molecule has 3 aromatic rings. The molecule has 1 aliphatic rings. The topological polar surface area (TPSA) is 109 Å². The van der Waals surface area contributed by atoms with E-state index in [1.54, 1.807) is 20.5 Å². The van der Waals surface area contributed by atoms with Gasteiger partial charge in [-0.2, -0.15) is 5.10 Å². The van der Waals surface area contributed by atoms with Gasteiger partial charge in [-0.05, 0) is 24.8 Å². The summed E-state index contributed by atoms with van der Waals surface area (Å²) in [5.41, 5.74) is 1.75. The molecule has 0 aliphatic carbocycles. The van der Waals surface area contributed by atoms with Crippen molar-refractivity contribution in [1.82, 2.24) is 24.2 Å². The van der Waals surface area contributed by atoms with Crippen molar-refractivity contribution in [1.29, 1.82) is 0 Å². The first-order chi connectivity index (χ1) is 17.6. The van der Waals surface area contributed by atoms with E-state index < -0.39 is 5.97 Å². The molecule has 10 nitrogen and oxygen atoms in total. The van der Waals surface area contributed by atoms with Crippen LogP contribution in [0.2, 0.25) is 0 Å². The highest BCUT2D eigenvalue weighted by atomic mass is 16.5. The molecular formula is C26H31N5O5. The van der Waals surface area contributed by atoms with E-state index in [4.69, 9.17) is 9.47 Å². The van der Waals surface area contributed by atoms with Crippen LogP contribution in [-0.4, -0.2) is 62.9 Å². The lowest BCUT2D eigenvalue weighted by Crippen LogP contribution is -2.34. The molecule has 1 aliphatic heterocycles. The highest BCUT2D eigenvalue weighted by molar-refractivity contribution is 5.93. The van der Waals surface area contributed by atoms with Gasteiger partial charge in [0.2, 0.25) is 5.91 Å². The molecule has 10 heteroatoms. The van der Waals surface area contributed by atoms with Crippen LogP contribution >= 0.6 is 0 Å². The highest BCUT2D eigenvalue weighted by Gasteiger charge is 2.27. The third kappa shape index (κ3) is 6.18. The molecule has 0 N–H and O–H groups in total. The number of hydrogen-bond acceptors (Lipinski definition) is 7. The quantitative estimate of drug-likeness (QED) is 0.314. The number of methoxy groups -OCH3 is 1. The fraction of sp³-hybridized carbons (Fsp3) is 0.423. The van der Waals surface area contributed by atoms with Crippen LogP contribution in [0.3, 0.4) is 0 Å². The summed E-state index contributed by atoms with van der Waals surface area (Å²) in [7, 11) is 1.31. The molecule has 0 saturated carbocycles. The minimum Gasteiger partial charge on any atom is -0.492 e. The lowest BCUT2D eigenvalue weighted by molar-refractivity contribution is -0.131. The summed E-state index contributed by atoms with van der Waals surface area (Å²) in [4.78, 5) is 44.2. The Balaban J connectivity index is 1.43. The third-order valence-corrected chi connectivity index (χ3v) is 6.29. The van der Waals surface area contributed by atoms with Gasteiger partial charge in [0.1, 0.15) is 24.0 Å². The first kappa shape index (κ1) is 25.2. The number of rotatable bonds is 10. The molecule has 1 amide bonds. The molecular weight excluding hydrogens is 462 g/mol. The molecule has 0 saturated heterocycles. The molecule has 0 unspecified atom stereocenters. The molecule has 0 radical (unpaired) electrons. The number of benzene rings is 1. The lowest BCUT2D eigenvalue weighted by Gasteiger charge is -2.19. The van der Waals surface area contributed by atoms with E-state index in [1.165, 1.54) is 25.1 Å². The summed E-state index contributed by atoms with van der Waals surface area (Å²) in [6.07, 6.45) is 6.01. The zero-order valence-electron chi connectivity index (χ0n) is 20.5. The molecule has 0 atom stereocenters. The predicted octanol–water partition coefficient (Wildman–Crippen LogP) is 2.10. The van der Waals surface area contributed by atoms with Crippen molar-refractivity contribution in [2.24, 2.45) is 0 Å². The van der Waals surface area contributed by atoms with Crippen LogP contribution in [0.5, 0.6) is 5.75 Å². The maximum absolute atomic E-state index is 12.9. The van der Waals surface area contributed by atoms with Crippen molar-refractivity contribution in [2.45, 2.75) is 45.2 Å². The number of pyridine rings is 1. The first-order valence-electron chi connectivity index (χ1n) is 12.2. The number of aromatic nitrogens is 4. The summed E-state index contributed by atoms with van der Waals surface area (Å²) < 4.78 is 14.2. The van der Waals surface area contributed by atoms with E-state index in [0.717, 1.165) is 12.8 Å². The van der Waals surface area contributed by atoms with Crippen molar-refractivity contribution in [3.8, 4) is 5.75 Å². The molecule has 36 heavy (non-hydrogen) atoms. The molecule has 4 rings (SSSR count). The fourth-order valence-electron chi connectivity index (χ4n) is 4.44. The Hall–Kier alpha value is -3.95. The summed E-state index contributed by atoms with van der Waals surface area (Å²) in [5.74, 6) is -0.309. The molecule has 1 aromatic carbocycles. The standard InChI is InChI=1S/C26H31N5O5/c1-35-26(34)25-21-11-13-29(23(32)10-5-12-30-19-27-18-28-30)14-15-31(21)24(33)17-22(25)36-16-6-9-20-7-3-2-4-8-20/h2-4,7-8,17-19H,5-6,9-16H2,1H3. The molecule has 2 aromatic heterocycles. The van der Waals surface area contributed by atoms with Crippen LogP contribution in [0.25, 0.3) is 0 Å². The van der Waals surface area contributed by atoms with E-state index in [9.17, 15) is 14.4 Å². The van der Waals surface area contributed by atoms with Gasteiger partial charge in [0.15, 0.2) is 0 Å². The van der Waals surface area contributed by atoms with Crippen LogP contribution in [0.15, 0.2) is 53.8 Å². The molecule has 0 bridgehead atoms. The van der Waals surface area contributed by atoms with Crippen molar-refractivity contribution < 1.29 is 19.1 Å². The number of amides is 1. The summed E-state index contributed by atoms with van der Waals surface area (Å²) >= 11 is 0. The minimum atomic E-state index is -0.551. The molecule has 3 heterocycles. The number of fused-ring (bicyclic) bond motifs is 1. The van der Waals surface area contributed by atoms with Gasteiger partial charge in [0, 0.05) is 50.8 Å². The average Bonchev–Trinajstić information content (AvgIpc) is 3.31. The highest BCUT2D eigenvalue weighted by Crippen LogP contribution is 2.24. The smallest absolute Gasteiger partial charge is 0.343 e. The number of ether oxygens (including phenoxy) is 2. The largest absolute Gasteiger partial charge is 0.492 e. The predicted molar refractivity (Wildman–Crippen MR) is 132 cm³/mol. The third-order valence-electron chi connectivity index (χ3n) is 6.29. The SMILES string of the molecule is COC(=O)c1c(OCCCc2ccccc2)cc(=O)n2c1CCN(C(=O)CCCn1cncn1)CC2. The second kappa shape index (κ2) is 12.1. The Labute approximate surface area is 209 Å². The van der Waals surface area contributed by atoms with Gasteiger partial charge in [0.25, 0.3) is 5.56 Å². The van der Waals surface area contributed by atoms with Crippen LogP contribution in [0, 0.1) is 0 Å². The average molecular weight is 494 g/mol. The van der Waals surface area contributed by atoms with E-state index >= 15 is 0 Å². The van der Waals surface area contributed by atoms with E-state index in [0.29, 0.717) is 57.7 Å². The Morgan fingerprint density at radius 3 is 2.67 bits per heavy atom. The van der Waals surface area contributed by atoms with Gasteiger partial charge in [-0.15, -0.1) is 0 Å². The first-order valence-corrected chi connectivity index (χ1v) is 12.2. The van der Waals surface area contributed by atoms with E-state index in [-0.39, 0.29) is 22.8 Å². The van der Waals surface area contributed by atoms with E-state index in [2.05, 4.69) is 22.2 Å². The zero-order valence-corrected chi connectivity index (χ0v) is 20.5. The van der Waals surface area contributed by atoms with E-state index in [1.807, 2.05) is 18.2 Å². The van der Waals surface area contributed by atoms with Gasteiger partial charge >= 0.3 is 5.97 Å². The number of nitrogens with zero attached hydrogens (tertiary/aromatic N) is 5. The van der Waals surface area contributed by atoms with Gasteiger partial charge in [0.05, 0.1) is 13.7 Å². The Morgan fingerprint density at radius 1 is 1.08 bits per heavy atom. The van der Waals surface area contributed by atoms with Crippen LogP contribution in [0.4, 0.5) is 0 Å². The number of carbonyl (C=O) groups is 2. The summed E-state index contributed by atoms with van der Waals surface area (Å²) in [6.45, 7) is 2.08. The van der Waals surface area contributed by atoms with Gasteiger partial charge in [-0.3, -0.25) is 14.3 Å². The van der Waals surface area contributed by atoms with Crippen molar-refractivity contribution in [3.05, 3.63) is 76.2 Å². The minimum absolute atomic E-state index is 0.00738. The molecule has 0 fully saturated rings. The number of aryl methyl sites for hydroxylation is 2. The zero-order chi connectivity index (χ0) is 25.3. The number of esters is 1. The second-order valence-electron chi connectivity index (χ2n) is 8.64. The Morgan fingerprint density at radius 2 is 1.92 bits per heavy atom. The van der Waals surface area contributed by atoms with Gasteiger partial charge in [-0.25, -0.2) is 9.78 Å². The second-order valence-corrected chi connectivity index (χ2v) is 8.64. The normalized spacial score (nSPS) is 13.1. The summed E-state index contributed by atoms with van der Waals surface area (Å²) in [6, 6.07) is 11.4. The Bertz CT molecular complexity index is 1220. The fourth-order valence-corrected chi connectivity index (χ4v) is 4.44. The van der Waals surface area contributed by atoms with Crippen LogP contribution in [-0.2, 0) is 35.5 Å². The molecule has 190 valence electrons. The maximum Gasteiger partial charge on any atom is 0.343 e. The van der Waals surface area contributed by atoms with Crippen LogP contribution < -0.4 is 10.3 Å². The van der Waals surface area contributed by atoms with Crippen molar-refractivity contribution in [3.63, 3.8) is 0 Å². The maximum atomic E-state index is 12.9. The lowest BCUT2D eigenvalue weighted by atomic mass is 10.1. The van der Waals surface area contributed by atoms with Crippen molar-refractivity contribution >= 4 is 11.9 Å². The summed E-state index contributed by atoms with van der Waals surface area (Å²) in [5, 5.41) is 4.05. The number of hydrogen-bond donors (Lipinski definition) is 0. The van der Waals surface area contributed by atoms with Crippen LogP contribution in [0.1, 0.15) is 40.9 Å².